The third kappa shape index (κ3) is 4.53. The predicted molar refractivity (Wildman–Crippen MR) is 125 cm³/mol. The molecule has 1 aliphatic rings. The number of nitriles is 1. The summed E-state index contributed by atoms with van der Waals surface area (Å²) >= 11 is 0. The van der Waals surface area contributed by atoms with E-state index < -0.39 is 10.0 Å². The summed E-state index contributed by atoms with van der Waals surface area (Å²) in [6, 6.07) is 15.7. The fourth-order valence-corrected chi connectivity index (χ4v) is 5.66. The third-order valence-electron chi connectivity index (χ3n) is 5.69. The molecule has 0 aliphatic heterocycles. The van der Waals surface area contributed by atoms with Crippen molar-refractivity contribution >= 4 is 20.9 Å². The number of hydrogen-bond acceptors (Lipinski definition) is 3. The lowest BCUT2D eigenvalue weighted by Gasteiger charge is -2.20. The summed E-state index contributed by atoms with van der Waals surface area (Å²) in [7, 11) is -3.28. The average molecular weight is 436 g/mol. The highest BCUT2D eigenvalue weighted by Crippen LogP contribution is 2.35. The van der Waals surface area contributed by atoms with Crippen LogP contribution in [0.3, 0.4) is 0 Å². The number of nitrogens with one attached hydrogen (secondary N) is 1. The second kappa shape index (κ2) is 7.81. The molecular weight excluding hydrogens is 406 g/mol. The van der Waals surface area contributed by atoms with Gasteiger partial charge in [0.1, 0.15) is 0 Å². The van der Waals surface area contributed by atoms with Crippen LogP contribution < -0.4 is 4.72 Å². The zero-order valence-electron chi connectivity index (χ0n) is 18.5. The maximum atomic E-state index is 12.5. The molecule has 0 saturated heterocycles. The molecular formula is C25H29N3O2S. The van der Waals surface area contributed by atoms with E-state index in [1.165, 1.54) is 0 Å². The van der Waals surface area contributed by atoms with Gasteiger partial charge in [-0.15, -0.1) is 0 Å². The standard InChI is InChI=1S/C25H29N3O2S/c1-17(27-31(29,30)20-10-11-20)23-15-28(16-25(2,3)4)24-13-18(9-12-22(23)24)21-8-6-5-7-19(21)14-26/h5-9,12-13,15,17,20,27H,10-11,16H2,1-4H3/t17-/m1/s1. The molecule has 5 nitrogen and oxygen atoms in total. The van der Waals surface area contributed by atoms with Crippen molar-refractivity contribution in [2.24, 2.45) is 5.41 Å². The van der Waals surface area contributed by atoms with Crippen molar-refractivity contribution < 1.29 is 8.42 Å². The zero-order chi connectivity index (χ0) is 22.4. The smallest absolute Gasteiger partial charge is 0.215 e. The van der Waals surface area contributed by atoms with Gasteiger partial charge >= 0.3 is 0 Å². The van der Waals surface area contributed by atoms with Gasteiger partial charge in [-0.3, -0.25) is 0 Å². The van der Waals surface area contributed by atoms with Crippen LogP contribution in [0.1, 0.15) is 57.7 Å². The first-order valence-corrected chi connectivity index (χ1v) is 12.3. The van der Waals surface area contributed by atoms with Crippen LogP contribution in [0.15, 0.2) is 48.7 Å². The molecule has 0 unspecified atom stereocenters. The third-order valence-corrected chi connectivity index (χ3v) is 7.72. The minimum absolute atomic E-state index is 0.0561. The SMILES string of the molecule is C[C@@H](NS(=O)(=O)C1CC1)c1cn(CC(C)(C)C)c2cc(-c3ccccc3C#N)ccc12. The van der Waals surface area contributed by atoms with E-state index >= 15 is 0 Å². The number of sulfonamides is 1. The molecule has 6 heteroatoms. The van der Waals surface area contributed by atoms with Crippen molar-refractivity contribution in [3.8, 4) is 17.2 Å². The Labute approximate surface area is 184 Å². The summed E-state index contributed by atoms with van der Waals surface area (Å²) in [5.74, 6) is 0. The topological polar surface area (TPSA) is 74.9 Å². The first-order chi connectivity index (χ1) is 14.6. The summed E-state index contributed by atoms with van der Waals surface area (Å²) in [5, 5.41) is 10.3. The van der Waals surface area contributed by atoms with Crippen LogP contribution in [-0.4, -0.2) is 18.2 Å². The molecule has 162 valence electrons. The maximum absolute atomic E-state index is 12.5. The van der Waals surface area contributed by atoms with Gasteiger partial charge in [0.15, 0.2) is 0 Å². The Bertz CT molecular complexity index is 1270. The van der Waals surface area contributed by atoms with Gasteiger partial charge in [0, 0.05) is 29.7 Å². The Hall–Kier alpha value is -2.62. The van der Waals surface area contributed by atoms with Crippen LogP contribution in [-0.2, 0) is 16.6 Å². The number of fused-ring (bicyclic) bond motifs is 1. The molecule has 1 aromatic heterocycles. The Morgan fingerprint density at radius 1 is 1.19 bits per heavy atom. The van der Waals surface area contributed by atoms with Crippen LogP contribution in [0, 0.1) is 16.7 Å². The Kier molecular flexibility index (Phi) is 5.45. The second-order valence-corrected chi connectivity index (χ2v) is 11.7. The normalized spacial score (nSPS) is 15.7. The van der Waals surface area contributed by atoms with Crippen LogP contribution in [0.5, 0.6) is 0 Å². The molecule has 0 spiro atoms. The number of aromatic nitrogens is 1. The van der Waals surface area contributed by atoms with E-state index in [4.69, 9.17) is 0 Å². The molecule has 1 saturated carbocycles. The summed E-state index contributed by atoms with van der Waals surface area (Å²) < 4.78 is 30.1. The minimum atomic E-state index is -3.28. The molecule has 1 fully saturated rings. The maximum Gasteiger partial charge on any atom is 0.215 e. The fourth-order valence-electron chi connectivity index (χ4n) is 4.09. The van der Waals surface area contributed by atoms with Crippen LogP contribution in [0.25, 0.3) is 22.0 Å². The van der Waals surface area contributed by atoms with Gasteiger partial charge in [-0.25, -0.2) is 13.1 Å². The Morgan fingerprint density at radius 3 is 2.55 bits per heavy atom. The highest BCUT2D eigenvalue weighted by Gasteiger charge is 2.37. The number of benzene rings is 2. The van der Waals surface area contributed by atoms with Crippen LogP contribution >= 0.6 is 0 Å². The monoisotopic (exact) mass is 435 g/mol. The molecule has 31 heavy (non-hydrogen) atoms. The first kappa shape index (κ1) is 21.6. The van der Waals surface area contributed by atoms with E-state index in [1.807, 2.05) is 37.3 Å². The minimum Gasteiger partial charge on any atom is -0.347 e. The van der Waals surface area contributed by atoms with Gasteiger partial charge < -0.3 is 4.57 Å². The molecule has 0 bridgehead atoms. The summed E-state index contributed by atoms with van der Waals surface area (Å²) in [6.45, 7) is 9.27. The molecule has 3 aromatic rings. The van der Waals surface area contributed by atoms with Crippen LogP contribution in [0.4, 0.5) is 0 Å². The van der Waals surface area contributed by atoms with Crippen molar-refractivity contribution in [2.75, 3.05) is 0 Å². The lowest BCUT2D eigenvalue weighted by atomic mass is 9.96. The van der Waals surface area contributed by atoms with E-state index in [0.717, 1.165) is 47.0 Å². The van der Waals surface area contributed by atoms with Crippen molar-refractivity contribution in [1.82, 2.24) is 9.29 Å². The molecule has 4 rings (SSSR count). The molecule has 2 aromatic carbocycles. The molecule has 0 radical (unpaired) electrons. The number of nitrogens with zero attached hydrogens (tertiary/aromatic N) is 2. The van der Waals surface area contributed by atoms with E-state index in [-0.39, 0.29) is 16.7 Å². The number of rotatable bonds is 6. The van der Waals surface area contributed by atoms with Gasteiger partial charge in [-0.1, -0.05) is 51.1 Å². The van der Waals surface area contributed by atoms with Gasteiger partial charge in [-0.05, 0) is 54.0 Å². The van der Waals surface area contributed by atoms with Gasteiger partial charge in [0.25, 0.3) is 0 Å². The molecule has 1 atom stereocenters. The van der Waals surface area contributed by atoms with Crippen molar-refractivity contribution in [2.45, 2.75) is 58.4 Å². The largest absolute Gasteiger partial charge is 0.347 e. The van der Waals surface area contributed by atoms with E-state index in [9.17, 15) is 13.7 Å². The average Bonchev–Trinajstić information content (AvgIpc) is 3.51. The lowest BCUT2D eigenvalue weighted by Crippen LogP contribution is -2.29. The van der Waals surface area contributed by atoms with Gasteiger partial charge in [0.05, 0.1) is 16.9 Å². The van der Waals surface area contributed by atoms with Crippen molar-refractivity contribution in [1.29, 1.82) is 5.26 Å². The fraction of sp³-hybridized carbons (Fsp3) is 0.400. The van der Waals surface area contributed by atoms with Crippen molar-refractivity contribution in [3.05, 3.63) is 59.8 Å². The van der Waals surface area contributed by atoms with E-state index in [1.54, 1.807) is 0 Å². The zero-order valence-corrected chi connectivity index (χ0v) is 19.3. The van der Waals surface area contributed by atoms with E-state index in [2.05, 4.69) is 54.5 Å². The number of hydrogen-bond donors (Lipinski definition) is 1. The lowest BCUT2D eigenvalue weighted by molar-refractivity contribution is 0.349. The summed E-state index contributed by atoms with van der Waals surface area (Å²) in [6.07, 6.45) is 3.57. The summed E-state index contributed by atoms with van der Waals surface area (Å²) in [5.41, 5.74) is 4.61. The predicted octanol–water partition coefficient (Wildman–Crippen LogP) is 5.37. The highest BCUT2D eigenvalue weighted by atomic mass is 32.2. The van der Waals surface area contributed by atoms with Crippen molar-refractivity contribution in [3.63, 3.8) is 0 Å². The highest BCUT2D eigenvalue weighted by molar-refractivity contribution is 7.90. The quantitative estimate of drug-likeness (QED) is 0.566. The molecule has 1 aliphatic carbocycles. The summed E-state index contributed by atoms with van der Waals surface area (Å²) in [4.78, 5) is 0. The Balaban J connectivity index is 1.82. The second-order valence-electron chi connectivity index (χ2n) is 9.75. The first-order valence-electron chi connectivity index (χ1n) is 10.7. The molecule has 0 amide bonds. The van der Waals surface area contributed by atoms with Gasteiger partial charge in [0.2, 0.25) is 10.0 Å². The van der Waals surface area contributed by atoms with Gasteiger partial charge in [-0.2, -0.15) is 5.26 Å². The molecule has 1 N–H and O–H groups in total. The Morgan fingerprint density at radius 2 is 1.90 bits per heavy atom. The molecule has 1 heterocycles. The van der Waals surface area contributed by atoms with Crippen LogP contribution in [0.2, 0.25) is 0 Å². The van der Waals surface area contributed by atoms with E-state index in [0.29, 0.717) is 5.56 Å².